The van der Waals surface area contributed by atoms with Crippen LogP contribution in [0.3, 0.4) is 0 Å². The van der Waals surface area contributed by atoms with E-state index in [1.165, 1.54) is 100 Å². The number of thiophene rings is 4. The van der Waals surface area contributed by atoms with Gasteiger partial charge in [0.15, 0.2) is 22.6 Å². The van der Waals surface area contributed by atoms with Crippen molar-refractivity contribution in [2.45, 2.75) is 113 Å². The van der Waals surface area contributed by atoms with Gasteiger partial charge < -0.3 is 28.0 Å². The van der Waals surface area contributed by atoms with Crippen LogP contribution in [0.2, 0.25) is 0 Å². The molecule has 0 saturated carbocycles. The van der Waals surface area contributed by atoms with Gasteiger partial charge in [-0.3, -0.25) is 37.4 Å². The van der Waals surface area contributed by atoms with Gasteiger partial charge in [-0.1, -0.05) is 93.4 Å². The number of aromatic nitrogens is 24. The third-order valence-electron chi connectivity index (χ3n) is 21.2. The highest BCUT2D eigenvalue weighted by atomic mass is 127. The molecule has 0 spiro atoms. The lowest BCUT2D eigenvalue weighted by atomic mass is 10.0. The van der Waals surface area contributed by atoms with Crippen LogP contribution in [-0.4, -0.2) is 128 Å². The molecule has 0 amide bonds. The molecule has 0 radical (unpaired) electrons. The molecule has 16 aromatic heterocycles. The van der Waals surface area contributed by atoms with E-state index >= 15 is 0 Å². The van der Waals surface area contributed by atoms with Crippen molar-refractivity contribution in [3.63, 3.8) is 0 Å². The van der Waals surface area contributed by atoms with Crippen LogP contribution in [0.5, 0.6) is 0 Å². The van der Waals surface area contributed by atoms with Gasteiger partial charge in [0.25, 0.3) is 22.2 Å². The molecule has 1 atom stereocenters. The van der Waals surface area contributed by atoms with Crippen molar-refractivity contribution in [1.82, 2.24) is 117 Å². The lowest BCUT2D eigenvalue weighted by Gasteiger charge is -2.18. The fraction of sp³-hybridized carbons (Fsp3) is 0.195. The maximum Gasteiger partial charge on any atom is 0.418 e. The van der Waals surface area contributed by atoms with Gasteiger partial charge in [-0.25, -0.2) is 78.5 Å². The van der Waals surface area contributed by atoms with E-state index in [0.717, 1.165) is 71.6 Å². The summed E-state index contributed by atoms with van der Waals surface area (Å²) >= 11 is 14.7. The Labute approximate surface area is 779 Å². The van der Waals surface area contributed by atoms with Crippen LogP contribution >= 0.6 is 99.8 Å². The minimum absolute atomic E-state index is 0.00710. The minimum atomic E-state index is -4.71. The average Bonchev–Trinajstić information content (AvgIpc) is 1.35. The molecule has 0 unspecified atom stereocenters. The number of aryl methyl sites for hydroxylation is 6. The molecule has 33 nitrogen and oxygen atoms in total. The molecule has 9 N–H and O–H groups in total. The first-order valence-electron chi connectivity index (χ1n) is 39.8. The van der Waals surface area contributed by atoms with Crippen LogP contribution in [0.4, 0.5) is 36.4 Å². The van der Waals surface area contributed by atoms with Gasteiger partial charge in [-0.05, 0) is 200 Å². The molecular weight excluding hydrogens is 1990 g/mol. The van der Waals surface area contributed by atoms with Crippen LogP contribution in [0.1, 0.15) is 106 Å². The Bertz CT molecular complexity index is 8280. The zero-order chi connectivity index (χ0) is 91.7. The molecule has 0 aliphatic carbocycles. The molecule has 20 rings (SSSR count). The Morgan fingerprint density at radius 2 is 0.854 bits per heavy atom. The molecule has 130 heavy (non-hydrogen) atoms. The van der Waals surface area contributed by atoms with E-state index in [0.29, 0.717) is 123 Å². The molecule has 0 saturated heterocycles. The molecule has 43 heteroatoms. The standard InChI is InChI=1S/C24H18F3N7O2S.C22H20IN7OS.C21H18BrN7OS.C20H16BrN7OS/c1-12-10-37-22-18(12)23(36)34(16-6-4-3-5-14(16)24(25,26)27)17(31-22)9-33-21-19(20(28)29-11-30-21)15(32-33)8-7-13(2)35;1-11(2)13-6-4-5-7-14(13)30-15(27-21-16(22(30)31)12(3)9-32-21)8-29-20-17(18(23)28-29)19(24)25-10-26-20;1-3-12-6-4-5-7-13(12)29-14(26-20-15(21(29)30)11(2)9-31-20)8-28-19-16(17(22)27-28)18(23)24-10-25-19;1-10-5-3-4-6-13(10)28-14(25-19-12(20(28)29)7-11(2)30-19)8-27-18-15(16(21)26-27)17(22)23-9-24-18/h3-6,10-11,13,35H,9H2,1-2H3,(H2,28,29,30);4-7,9-11H,8H2,1-3H3,(H2,24,25,26);4-7,9-10H,3,8H2,1-2H3,(H2,23,24,25);3-7,9H,8H2,1-2H3,(H2,22,23,24)/t13-;;;/m1.../s1. The van der Waals surface area contributed by atoms with Crippen molar-refractivity contribution in [3.05, 3.63) is 272 Å². The fourth-order valence-corrected chi connectivity index (χ4v) is 20.8. The third kappa shape index (κ3) is 16.6. The number of aliphatic hydroxyl groups excluding tert-OH is 1. The molecule has 16 heterocycles. The largest absolute Gasteiger partial charge is 0.418 e. The van der Waals surface area contributed by atoms with E-state index in [9.17, 15) is 37.5 Å². The predicted octanol–water partition coefficient (Wildman–Crippen LogP) is 15.0. The molecule has 0 aliphatic rings. The second-order valence-electron chi connectivity index (χ2n) is 30.2. The molecule has 0 aliphatic heterocycles. The minimum Gasteiger partial charge on any atom is -0.383 e. The Morgan fingerprint density at radius 3 is 1.34 bits per heavy atom. The van der Waals surface area contributed by atoms with Crippen molar-refractivity contribution in [2.24, 2.45) is 0 Å². The highest BCUT2D eigenvalue weighted by molar-refractivity contribution is 14.1. The molecule has 20 aromatic rings. The number of hydrogen-bond donors (Lipinski definition) is 5. The summed E-state index contributed by atoms with van der Waals surface area (Å²) in [5.74, 6) is 8.44. The van der Waals surface area contributed by atoms with Crippen molar-refractivity contribution in [1.29, 1.82) is 0 Å². The van der Waals surface area contributed by atoms with E-state index in [4.69, 9.17) is 37.9 Å². The van der Waals surface area contributed by atoms with Crippen LogP contribution in [0.15, 0.2) is 173 Å². The lowest BCUT2D eigenvalue weighted by Crippen LogP contribution is -2.27. The second kappa shape index (κ2) is 35.9. The van der Waals surface area contributed by atoms with Gasteiger partial charge in [0.2, 0.25) is 0 Å². The Balaban J connectivity index is 0.000000122. The summed E-state index contributed by atoms with van der Waals surface area (Å²) in [6, 6.07) is 30.3. The normalized spacial score (nSPS) is 11.9. The van der Waals surface area contributed by atoms with Crippen LogP contribution in [-0.2, 0) is 38.8 Å². The van der Waals surface area contributed by atoms with Gasteiger partial charge in [0.05, 0.1) is 71.4 Å². The second-order valence-corrected chi connectivity index (χ2v) is 36.5. The van der Waals surface area contributed by atoms with E-state index < -0.39 is 23.4 Å². The van der Waals surface area contributed by atoms with Crippen LogP contribution in [0.25, 0.3) is 108 Å². The first kappa shape index (κ1) is 88.7. The molecule has 0 fully saturated rings. The number of nitrogens with two attached hydrogens (primary N) is 4. The number of alkyl halides is 3. The van der Waals surface area contributed by atoms with E-state index in [-0.39, 0.29) is 82.8 Å². The van der Waals surface area contributed by atoms with E-state index in [1.54, 1.807) is 40.1 Å². The molecule has 0 bridgehead atoms. The SMILES string of the molecule is CCc1ccccc1-n1c(Cn2nc(Br)c3c(N)ncnc32)nc2scc(C)c2c1=O.Cc1cc2c(=O)n(-c3ccccc3C)c(Cn3nc(Br)c4c(N)ncnc43)nc2s1.Cc1csc2nc(Cn3nc(C#C[C@@H](C)O)c4c(N)ncnc43)n(-c3ccccc3C(F)(F)F)c(=O)c12.Cc1csc2nc(Cn3nc(I)c4c(N)ncnc43)n(-c3ccccc3C(C)C)c(=O)c12. The third-order valence-corrected chi connectivity index (χ3v) is 27.0. The molecule has 4 aromatic carbocycles. The lowest BCUT2D eigenvalue weighted by molar-refractivity contribution is -0.137. The monoisotopic (exact) mass is 2060 g/mol. The summed E-state index contributed by atoms with van der Waals surface area (Å²) in [4.78, 5) is 111. The van der Waals surface area contributed by atoms with Gasteiger partial charge in [0, 0.05) is 4.88 Å². The summed E-state index contributed by atoms with van der Waals surface area (Å²) < 4.78 is 56.2. The van der Waals surface area contributed by atoms with Gasteiger partial charge >= 0.3 is 6.18 Å². The number of para-hydroxylation sites is 4. The number of nitrogens with zero attached hydrogens (tertiary/aromatic N) is 24. The van der Waals surface area contributed by atoms with Crippen LogP contribution < -0.4 is 45.2 Å². The Morgan fingerprint density at radius 1 is 0.462 bits per heavy atom. The Hall–Kier alpha value is -13.4. The Kier molecular flexibility index (Phi) is 24.5. The highest BCUT2D eigenvalue weighted by Gasteiger charge is 2.36. The smallest absolute Gasteiger partial charge is 0.383 e. The summed E-state index contributed by atoms with van der Waals surface area (Å²) in [5, 5.41) is 37.8. The zero-order valence-electron chi connectivity index (χ0n) is 70.1. The van der Waals surface area contributed by atoms with Gasteiger partial charge in [0.1, 0.15) is 142 Å². The number of benzene rings is 4. The summed E-state index contributed by atoms with van der Waals surface area (Å²) in [7, 11) is 0. The molecular formula is C87H72Br2F3IN28O5S4. The maximum absolute atomic E-state index is 13.9. The topological polar surface area (TPSA) is 438 Å². The van der Waals surface area contributed by atoms with Gasteiger partial charge in [-0.15, -0.1) is 45.3 Å². The number of aliphatic hydroxyl groups is 1. The summed E-state index contributed by atoms with van der Waals surface area (Å²) in [6.07, 6.45) is 0.579. The van der Waals surface area contributed by atoms with Gasteiger partial charge in [-0.2, -0.15) is 33.6 Å². The van der Waals surface area contributed by atoms with Crippen LogP contribution in [0, 0.1) is 50.2 Å². The number of fused-ring (bicyclic) bond motifs is 8. The highest BCUT2D eigenvalue weighted by Crippen LogP contribution is 2.38. The number of rotatable bonds is 14. The quantitative estimate of drug-likeness (QED) is 0.0498. The molecule has 656 valence electrons. The van der Waals surface area contributed by atoms with Crippen molar-refractivity contribution >= 4 is 208 Å². The van der Waals surface area contributed by atoms with Crippen molar-refractivity contribution < 1.29 is 18.3 Å². The zero-order valence-corrected chi connectivity index (χ0v) is 78.7. The maximum atomic E-state index is 13.9. The van der Waals surface area contributed by atoms with E-state index in [2.05, 4.69) is 158 Å². The van der Waals surface area contributed by atoms with E-state index in [1.807, 2.05) is 111 Å². The summed E-state index contributed by atoms with van der Waals surface area (Å²) in [5.41, 5.74) is 32.1. The summed E-state index contributed by atoms with van der Waals surface area (Å²) in [6.45, 7) is 17.9. The first-order chi connectivity index (χ1) is 62.3. The van der Waals surface area contributed by atoms with Crippen molar-refractivity contribution in [2.75, 3.05) is 22.9 Å². The van der Waals surface area contributed by atoms with Crippen molar-refractivity contribution in [3.8, 4) is 34.6 Å². The predicted molar refractivity (Wildman–Crippen MR) is 515 cm³/mol. The average molecular weight is 2060 g/mol. The number of hydrogen-bond acceptors (Lipinski definition) is 29. The first-order valence-corrected chi connectivity index (χ1v) is 45.9. The number of anilines is 4. The number of halogens is 6. The number of nitrogen functional groups attached to an aromatic ring is 4. The fourth-order valence-electron chi connectivity index (χ4n) is 15.2.